The van der Waals surface area contributed by atoms with Gasteiger partial charge in [-0.3, -0.25) is 4.98 Å². The molecule has 2 N–H and O–H groups in total. The van der Waals surface area contributed by atoms with Crippen molar-refractivity contribution in [3.8, 4) is 0 Å². The van der Waals surface area contributed by atoms with Gasteiger partial charge in [0.2, 0.25) is 0 Å². The number of aromatic nitrogens is 1. The van der Waals surface area contributed by atoms with Crippen molar-refractivity contribution < 1.29 is 19.5 Å². The molecule has 0 spiro atoms. The van der Waals surface area contributed by atoms with E-state index >= 15 is 0 Å². The predicted molar refractivity (Wildman–Crippen MR) is 49.7 cm³/mol. The maximum Gasteiger partial charge on any atom is 0 e. The Kier molecular flexibility index (Phi) is 3.00. The molecule has 0 aliphatic heterocycles. The molecule has 0 aliphatic rings. The third-order valence-corrected chi connectivity index (χ3v) is 2.04. The summed E-state index contributed by atoms with van der Waals surface area (Å²) in [6, 6.07) is 6.83. The molecule has 0 saturated carbocycles. The number of aryl methyl sites for hydroxylation is 1. The normalized spacial score (nSPS) is 9.62. The first-order chi connectivity index (χ1) is 5.79. The van der Waals surface area contributed by atoms with E-state index in [0.717, 1.165) is 22.0 Å². The van der Waals surface area contributed by atoms with Crippen molar-refractivity contribution in [3.05, 3.63) is 36.2 Å². The van der Waals surface area contributed by atoms with Crippen LogP contribution in [0.5, 0.6) is 0 Å². The molecule has 0 atom stereocenters. The number of hydrogen-bond donors (Lipinski definition) is 1. The van der Waals surface area contributed by atoms with Gasteiger partial charge >= 0.3 is 0 Å². The molecule has 0 fully saturated rings. The van der Waals surface area contributed by atoms with Gasteiger partial charge in [0.25, 0.3) is 0 Å². The van der Waals surface area contributed by atoms with Crippen LogP contribution in [0, 0.1) is 13.0 Å². The molecule has 69 valence electrons. The molecule has 0 aliphatic carbocycles. The van der Waals surface area contributed by atoms with E-state index in [1.165, 1.54) is 0 Å². The van der Waals surface area contributed by atoms with Gasteiger partial charge in [0.05, 0.1) is 0 Å². The minimum Gasteiger partial charge on any atom is -0.436 e. The van der Waals surface area contributed by atoms with E-state index in [-0.39, 0.29) is 19.5 Å². The summed E-state index contributed by atoms with van der Waals surface area (Å²) in [6.07, 6.45) is 3.58. The van der Waals surface area contributed by atoms with Crippen molar-refractivity contribution in [1.29, 1.82) is 0 Å². The molecular weight excluding hydrogens is 251 g/mol. The molecule has 3 heteroatoms. The summed E-state index contributed by atoms with van der Waals surface area (Å²) < 4.78 is 0. The van der Waals surface area contributed by atoms with Crippen molar-refractivity contribution in [2.75, 3.05) is 5.73 Å². The molecule has 0 bridgehead atoms. The molecule has 1 aromatic heterocycles. The van der Waals surface area contributed by atoms with Crippen LogP contribution in [0.25, 0.3) is 10.8 Å². The summed E-state index contributed by atoms with van der Waals surface area (Å²) >= 11 is 0. The SMILES string of the molecule is Cc1c(N)c[c-]c2ccncc12.[Rh]. The maximum absolute atomic E-state index is 5.73. The number of pyridine rings is 1. The van der Waals surface area contributed by atoms with Gasteiger partial charge in [-0.1, -0.05) is 12.3 Å². The molecule has 1 heterocycles. The second-order valence-corrected chi connectivity index (χ2v) is 2.79. The third-order valence-electron chi connectivity index (χ3n) is 2.04. The van der Waals surface area contributed by atoms with E-state index < -0.39 is 0 Å². The zero-order valence-electron chi connectivity index (χ0n) is 7.17. The zero-order chi connectivity index (χ0) is 8.55. The van der Waals surface area contributed by atoms with Gasteiger partial charge < -0.3 is 5.73 Å². The average molecular weight is 260 g/mol. The molecule has 0 unspecified atom stereocenters. The summed E-state index contributed by atoms with van der Waals surface area (Å²) in [6.45, 7) is 1.99. The maximum atomic E-state index is 5.73. The summed E-state index contributed by atoms with van der Waals surface area (Å²) in [5.41, 5.74) is 7.58. The Morgan fingerprint density at radius 1 is 1.46 bits per heavy atom. The Hall–Kier alpha value is -0.947. The number of benzene rings is 1. The van der Waals surface area contributed by atoms with Crippen LogP contribution < -0.4 is 5.73 Å². The zero-order valence-corrected chi connectivity index (χ0v) is 8.81. The summed E-state index contributed by atoms with van der Waals surface area (Å²) in [5.74, 6) is 0. The number of fused-ring (bicyclic) bond motifs is 1. The van der Waals surface area contributed by atoms with Crippen molar-refractivity contribution in [2.45, 2.75) is 6.92 Å². The van der Waals surface area contributed by atoms with E-state index in [1.807, 2.05) is 19.2 Å². The van der Waals surface area contributed by atoms with Crippen LogP contribution in [-0.4, -0.2) is 4.98 Å². The monoisotopic (exact) mass is 260 g/mol. The Morgan fingerprint density at radius 3 is 3.00 bits per heavy atom. The van der Waals surface area contributed by atoms with Crippen LogP contribution in [0.15, 0.2) is 24.5 Å². The Labute approximate surface area is 89.9 Å². The van der Waals surface area contributed by atoms with Crippen LogP contribution in [0.4, 0.5) is 5.69 Å². The molecular formula is C10H9N2Rh-. The van der Waals surface area contributed by atoms with Crippen LogP contribution in [-0.2, 0) is 19.5 Å². The number of nitrogen functional groups attached to an aromatic ring is 1. The van der Waals surface area contributed by atoms with Crippen LogP contribution in [0.3, 0.4) is 0 Å². The molecule has 2 aromatic rings. The van der Waals surface area contributed by atoms with E-state index in [1.54, 1.807) is 12.3 Å². The van der Waals surface area contributed by atoms with Crippen molar-refractivity contribution in [3.63, 3.8) is 0 Å². The predicted octanol–water partition coefficient (Wildman–Crippen LogP) is 1.92. The number of rotatable bonds is 0. The fraction of sp³-hybridized carbons (Fsp3) is 0.100. The third kappa shape index (κ3) is 1.70. The molecule has 2 nitrogen and oxygen atoms in total. The average Bonchev–Trinajstić information content (AvgIpc) is 2.12. The molecule has 0 saturated heterocycles. The summed E-state index contributed by atoms with van der Waals surface area (Å²) in [4.78, 5) is 4.04. The molecule has 0 amide bonds. The van der Waals surface area contributed by atoms with E-state index in [0.29, 0.717) is 0 Å². The summed E-state index contributed by atoms with van der Waals surface area (Å²) in [7, 11) is 0. The van der Waals surface area contributed by atoms with Gasteiger partial charge in [-0.2, -0.15) is 0 Å². The van der Waals surface area contributed by atoms with Crippen molar-refractivity contribution in [1.82, 2.24) is 4.98 Å². The Morgan fingerprint density at radius 2 is 2.23 bits per heavy atom. The van der Waals surface area contributed by atoms with Crippen LogP contribution in [0.1, 0.15) is 5.56 Å². The standard InChI is InChI=1S/C10H9N2.Rh/c1-7-9-6-12-5-4-8(9)2-3-10(7)11;/h3-6H,11H2,1H3;/q-1;. The smallest absolute Gasteiger partial charge is 0 e. The van der Waals surface area contributed by atoms with Gasteiger partial charge in [-0.05, 0) is 18.1 Å². The largest absolute Gasteiger partial charge is 0.436 e. The minimum atomic E-state index is 0. The van der Waals surface area contributed by atoms with Crippen molar-refractivity contribution in [2.24, 2.45) is 0 Å². The fourth-order valence-corrected chi connectivity index (χ4v) is 1.24. The van der Waals surface area contributed by atoms with Crippen LogP contribution >= 0.6 is 0 Å². The van der Waals surface area contributed by atoms with E-state index in [4.69, 9.17) is 5.73 Å². The fourth-order valence-electron chi connectivity index (χ4n) is 1.24. The first-order valence-electron chi connectivity index (χ1n) is 3.79. The quantitative estimate of drug-likeness (QED) is 0.446. The first-order valence-corrected chi connectivity index (χ1v) is 3.79. The van der Waals surface area contributed by atoms with Crippen molar-refractivity contribution >= 4 is 16.5 Å². The van der Waals surface area contributed by atoms with E-state index in [2.05, 4.69) is 11.1 Å². The first kappa shape index (κ1) is 10.1. The summed E-state index contributed by atoms with van der Waals surface area (Å²) in [5, 5.41) is 2.15. The minimum absolute atomic E-state index is 0. The Bertz CT molecular complexity index is 426. The van der Waals surface area contributed by atoms with E-state index in [9.17, 15) is 0 Å². The van der Waals surface area contributed by atoms with Gasteiger partial charge in [-0.25, -0.2) is 0 Å². The molecule has 1 aromatic carbocycles. The van der Waals surface area contributed by atoms with Gasteiger partial charge in [0.1, 0.15) is 0 Å². The van der Waals surface area contributed by atoms with Gasteiger partial charge in [0.15, 0.2) is 0 Å². The van der Waals surface area contributed by atoms with Gasteiger partial charge in [0, 0.05) is 19.5 Å². The second kappa shape index (κ2) is 3.84. The number of nitrogens with two attached hydrogens (primary N) is 1. The molecule has 13 heavy (non-hydrogen) atoms. The molecule has 1 radical (unpaired) electrons. The number of hydrogen-bond acceptors (Lipinski definition) is 2. The Balaban J connectivity index is 0.000000845. The number of nitrogens with zero attached hydrogens (tertiary/aromatic N) is 1. The topological polar surface area (TPSA) is 38.9 Å². The molecule has 2 rings (SSSR count). The van der Waals surface area contributed by atoms with Crippen LogP contribution in [0.2, 0.25) is 0 Å². The number of anilines is 1. The second-order valence-electron chi connectivity index (χ2n) is 2.79. The van der Waals surface area contributed by atoms with Gasteiger partial charge in [-0.15, -0.1) is 29.1 Å².